The van der Waals surface area contributed by atoms with Crippen LogP contribution in [0.3, 0.4) is 0 Å². The number of hydrogen-bond donors (Lipinski definition) is 9. The Morgan fingerprint density at radius 2 is 0.690 bits per heavy atom. The van der Waals surface area contributed by atoms with Crippen molar-refractivity contribution in [2.45, 2.75) is 73.6 Å². The number of aliphatic hydroxyl groups is 6. The minimum absolute atomic E-state index is 0. The minimum atomic E-state index is -5.22. The van der Waals surface area contributed by atoms with E-state index in [-0.39, 0.29) is 85.7 Å². The van der Waals surface area contributed by atoms with Crippen molar-refractivity contribution in [1.29, 1.82) is 0 Å². The van der Waals surface area contributed by atoms with Crippen LogP contribution in [-0.4, -0.2) is 164 Å². The Bertz CT molecular complexity index is 2610. The standard InChI is InChI=1S/3C10H14N5O7P.2Cr/c3*11-8-5-9(13-2-12-8)15(3-14-5)10-7(17)6(16)4(22-10)1-21-23(18,19)20;;/h3*2-4,6-7,10,16-17H,1H2,(H2,11,12,13)(H2,18,19,20);;/q;;;2*+3/p-6/t3*4-,6-,7-,10-;;/m111../s1. The second-order valence-corrected chi connectivity index (χ2v) is 18.1. The average molecular weight is 1140 g/mol. The molecule has 0 spiro atoms. The fourth-order valence-electron chi connectivity index (χ4n) is 6.95. The number of anilines is 3. The number of nitrogens with zero attached hydrogens (tertiary/aromatic N) is 12. The van der Waals surface area contributed by atoms with E-state index in [2.05, 4.69) is 58.4 Å². The van der Waals surface area contributed by atoms with Gasteiger partial charge in [-0.15, -0.1) is 0 Å². The molecule has 3 fully saturated rings. The van der Waals surface area contributed by atoms with Crippen molar-refractivity contribution in [3.63, 3.8) is 0 Å². The molecule has 384 valence electrons. The van der Waals surface area contributed by atoms with Crippen molar-refractivity contribution in [2.75, 3.05) is 37.0 Å². The molecule has 71 heavy (non-hydrogen) atoms. The van der Waals surface area contributed by atoms with Gasteiger partial charge in [-0.25, -0.2) is 44.9 Å². The second-order valence-electron chi connectivity index (χ2n) is 14.6. The van der Waals surface area contributed by atoms with Crippen LogP contribution < -0.4 is 46.6 Å². The summed E-state index contributed by atoms with van der Waals surface area (Å²) in [6.07, 6.45) is -8.24. The largest absolute Gasteiger partial charge is 3.00 e. The monoisotopic (exact) mass is 1140 g/mol. The first kappa shape index (κ1) is 58.0. The molecular formula is C30H36Cr2N15O21P3. The smallest absolute Gasteiger partial charge is 0.790 e. The zero-order chi connectivity index (χ0) is 50.3. The number of imidazole rings is 3. The van der Waals surface area contributed by atoms with Gasteiger partial charge in [0.2, 0.25) is 0 Å². The summed E-state index contributed by atoms with van der Waals surface area (Å²) in [5.74, 6) is 0.376. The summed E-state index contributed by atoms with van der Waals surface area (Å²) >= 11 is 0. The molecule has 12 atom stereocenters. The van der Waals surface area contributed by atoms with Gasteiger partial charge in [-0.1, -0.05) is 0 Å². The van der Waals surface area contributed by atoms with Crippen molar-refractivity contribution in [3.05, 3.63) is 38.0 Å². The molecule has 0 aliphatic carbocycles. The number of nitrogen functional groups attached to an aromatic ring is 3. The molecule has 0 unspecified atom stereocenters. The molecule has 3 saturated heterocycles. The third-order valence-corrected chi connectivity index (χ3v) is 11.6. The third-order valence-electron chi connectivity index (χ3n) is 10.2. The first-order valence-corrected chi connectivity index (χ1v) is 23.5. The Labute approximate surface area is 416 Å². The van der Waals surface area contributed by atoms with E-state index in [9.17, 15) is 73.7 Å². The normalized spacial score (nSPS) is 27.7. The molecule has 3 aliphatic rings. The molecule has 36 nitrogen and oxygen atoms in total. The number of aromatic nitrogens is 12. The van der Waals surface area contributed by atoms with Crippen molar-refractivity contribution >= 4 is 74.4 Å². The number of phosphoric acid groups is 3. The summed E-state index contributed by atoms with van der Waals surface area (Å²) in [7, 11) is -15.7. The van der Waals surface area contributed by atoms with Gasteiger partial charge in [-0.05, 0) is 0 Å². The molecule has 6 aromatic rings. The van der Waals surface area contributed by atoms with E-state index in [4.69, 9.17) is 31.4 Å². The maximum Gasteiger partial charge on any atom is 3.00 e. The van der Waals surface area contributed by atoms with Crippen LogP contribution in [0.25, 0.3) is 33.5 Å². The summed E-state index contributed by atoms with van der Waals surface area (Å²) in [5, 5.41) is 60.0. The fraction of sp³-hybridized carbons (Fsp3) is 0.500. The van der Waals surface area contributed by atoms with Gasteiger partial charge >= 0.3 is 34.7 Å². The van der Waals surface area contributed by atoms with Crippen LogP contribution in [0.5, 0.6) is 0 Å². The molecular weight excluding hydrogens is 1100 g/mol. The molecule has 41 heteroatoms. The van der Waals surface area contributed by atoms with Gasteiger partial charge in [0.25, 0.3) is 0 Å². The van der Waals surface area contributed by atoms with Gasteiger partial charge in [0.1, 0.15) is 90.5 Å². The van der Waals surface area contributed by atoms with Gasteiger partial charge in [0.15, 0.2) is 53.1 Å². The van der Waals surface area contributed by atoms with Crippen LogP contribution in [0.2, 0.25) is 0 Å². The maximum atomic E-state index is 10.5. The van der Waals surface area contributed by atoms with Crippen LogP contribution in [-0.2, 0) is 76.2 Å². The molecule has 0 saturated carbocycles. The fourth-order valence-corrected chi connectivity index (χ4v) is 7.94. The molecule has 0 amide bonds. The Morgan fingerprint density at radius 3 is 0.915 bits per heavy atom. The van der Waals surface area contributed by atoms with Gasteiger partial charge in [-0.2, -0.15) is 0 Å². The van der Waals surface area contributed by atoms with E-state index >= 15 is 0 Å². The third kappa shape index (κ3) is 13.3. The van der Waals surface area contributed by atoms with Gasteiger partial charge in [0, 0.05) is 0 Å². The number of nitrogens with two attached hydrogens (primary N) is 3. The SMILES string of the molecule is Nc1ncnc2c1ncn2[C@@H]1O[C@H](COP(=O)([O-])[O-])[C@@H](O)[C@H]1O.Nc1ncnc2c1ncn2[C@@H]1O[C@H](COP(=O)([O-])[O-])[C@@H](O)[C@H]1O.Nc1ncnc2c1ncn2[C@@H]1O[C@H](COP(=O)([O-])[O-])[C@@H](O)[C@H]1O.[Cr+3].[Cr+3]. The minimum Gasteiger partial charge on any atom is -0.790 e. The van der Waals surface area contributed by atoms with E-state index in [0.717, 1.165) is 0 Å². The second kappa shape index (κ2) is 23.1. The Balaban J connectivity index is 0.000000195. The van der Waals surface area contributed by atoms with Crippen LogP contribution in [0.15, 0.2) is 38.0 Å². The number of ether oxygens (including phenoxy) is 3. The van der Waals surface area contributed by atoms with Crippen molar-refractivity contribution < 1.29 is 136 Å². The van der Waals surface area contributed by atoms with Crippen molar-refractivity contribution in [3.8, 4) is 0 Å². The van der Waals surface area contributed by atoms with Crippen molar-refractivity contribution in [2.24, 2.45) is 0 Å². The first-order chi connectivity index (χ1) is 32.3. The number of hydrogen-bond acceptors (Lipinski definition) is 33. The number of fused-ring (bicyclic) bond motifs is 3. The molecule has 0 aromatic carbocycles. The zero-order valence-electron chi connectivity index (χ0n) is 35.1. The van der Waals surface area contributed by atoms with E-state index < -0.39 is 117 Å². The molecule has 9 rings (SSSR count). The average Bonchev–Trinajstić information content (AvgIpc) is 4.14. The summed E-state index contributed by atoms with van der Waals surface area (Å²) < 4.78 is 63.8. The molecule has 12 N–H and O–H groups in total. The van der Waals surface area contributed by atoms with E-state index in [0.29, 0.717) is 0 Å². The quantitative estimate of drug-likeness (QED) is 0.0514. The van der Waals surface area contributed by atoms with Crippen LogP contribution in [0.1, 0.15) is 18.7 Å². The predicted molar refractivity (Wildman–Crippen MR) is 208 cm³/mol. The summed E-state index contributed by atoms with van der Waals surface area (Å²) in [4.78, 5) is 98.3. The van der Waals surface area contributed by atoms with E-state index in [1.165, 1.54) is 51.7 Å². The molecule has 9 heterocycles. The van der Waals surface area contributed by atoms with Crippen LogP contribution in [0.4, 0.5) is 17.5 Å². The van der Waals surface area contributed by atoms with E-state index in [1.807, 2.05) is 0 Å². The number of rotatable bonds is 12. The molecule has 0 bridgehead atoms. The zero-order valence-corrected chi connectivity index (χ0v) is 40.3. The van der Waals surface area contributed by atoms with Crippen LogP contribution in [0, 0.1) is 0 Å². The number of phosphoric ester groups is 3. The maximum absolute atomic E-state index is 10.5. The Kier molecular flexibility index (Phi) is 18.9. The molecule has 6 aromatic heterocycles. The van der Waals surface area contributed by atoms with E-state index in [1.54, 1.807) is 0 Å². The topological polar surface area (TPSA) is 575 Å². The first-order valence-electron chi connectivity index (χ1n) is 19.2. The van der Waals surface area contributed by atoms with Gasteiger partial charge in [0.05, 0.1) is 62.3 Å². The molecule has 3 aliphatic heterocycles. The summed E-state index contributed by atoms with van der Waals surface area (Å²) in [5.41, 5.74) is 18.6. The predicted octanol–water partition coefficient (Wildman–Crippen LogP) is -9.39. The molecule has 2 radical (unpaired) electrons. The van der Waals surface area contributed by atoms with Crippen molar-refractivity contribution in [1.82, 2.24) is 58.6 Å². The van der Waals surface area contributed by atoms with Crippen LogP contribution >= 0.6 is 23.5 Å². The Morgan fingerprint density at radius 1 is 0.451 bits per heavy atom. The Hall–Kier alpha value is -3.92. The van der Waals surface area contributed by atoms with Gasteiger partial charge < -0.3 is 119 Å². The summed E-state index contributed by atoms with van der Waals surface area (Å²) in [6, 6.07) is 0. The summed E-state index contributed by atoms with van der Waals surface area (Å²) in [6.45, 7) is -2.16. The van der Waals surface area contributed by atoms with Gasteiger partial charge in [-0.3, -0.25) is 13.7 Å². The number of aliphatic hydroxyl groups excluding tert-OH is 6.